The summed E-state index contributed by atoms with van der Waals surface area (Å²) in [5.74, 6) is 0.564. The van der Waals surface area contributed by atoms with Gasteiger partial charge in [0, 0.05) is 12.2 Å². The highest BCUT2D eigenvalue weighted by atomic mass is 15.4. The molecule has 0 radical (unpaired) electrons. The second-order valence-corrected chi connectivity index (χ2v) is 5.35. The first kappa shape index (κ1) is 13.6. The third-order valence-electron chi connectivity index (χ3n) is 3.59. The Bertz CT molecular complexity index is 604. The molecule has 1 unspecified atom stereocenters. The van der Waals surface area contributed by atoms with Gasteiger partial charge in [-0.2, -0.15) is 0 Å². The van der Waals surface area contributed by atoms with Crippen LogP contribution in [0.2, 0.25) is 0 Å². The summed E-state index contributed by atoms with van der Waals surface area (Å²) in [6.07, 6.45) is 5.08. The second-order valence-electron chi connectivity index (χ2n) is 5.35. The smallest absolute Gasteiger partial charge is 0.188 e. The van der Waals surface area contributed by atoms with Gasteiger partial charge in [-0.3, -0.25) is 4.99 Å². The van der Waals surface area contributed by atoms with E-state index in [4.69, 9.17) is 5.73 Å². The van der Waals surface area contributed by atoms with Crippen LogP contribution < -0.4 is 11.1 Å². The van der Waals surface area contributed by atoms with E-state index < -0.39 is 0 Å². The van der Waals surface area contributed by atoms with Gasteiger partial charge in [0.2, 0.25) is 0 Å². The summed E-state index contributed by atoms with van der Waals surface area (Å²) >= 11 is 0. The average molecular weight is 284 g/mol. The molecule has 3 N–H and O–H groups in total. The highest BCUT2D eigenvalue weighted by Crippen LogP contribution is 2.08. The number of nitrogens with one attached hydrogen (secondary N) is 1. The van der Waals surface area contributed by atoms with Gasteiger partial charge in [-0.1, -0.05) is 35.5 Å². The molecule has 2 heterocycles. The lowest BCUT2D eigenvalue weighted by atomic mass is 10.1. The molecule has 6 heteroatoms. The van der Waals surface area contributed by atoms with E-state index in [9.17, 15) is 0 Å². The zero-order valence-electron chi connectivity index (χ0n) is 11.9. The lowest BCUT2D eigenvalue weighted by Crippen LogP contribution is -2.34. The first-order chi connectivity index (χ1) is 10.3. The van der Waals surface area contributed by atoms with Gasteiger partial charge in [-0.25, -0.2) is 4.68 Å². The van der Waals surface area contributed by atoms with E-state index in [-0.39, 0.29) is 0 Å². The second kappa shape index (κ2) is 6.39. The van der Waals surface area contributed by atoms with E-state index in [0.29, 0.717) is 12.0 Å². The molecule has 1 aromatic carbocycles. The molecule has 0 aliphatic carbocycles. The SMILES string of the molecule is NC1=NCC(CCCc2cn(Cc3ccccc3)nn2)N1. The van der Waals surface area contributed by atoms with Crippen molar-refractivity contribution in [3.8, 4) is 0 Å². The van der Waals surface area contributed by atoms with Crippen molar-refractivity contribution in [3.05, 3.63) is 47.8 Å². The Hall–Kier alpha value is -2.37. The van der Waals surface area contributed by atoms with Crippen molar-refractivity contribution in [1.82, 2.24) is 20.3 Å². The third-order valence-corrected chi connectivity index (χ3v) is 3.59. The summed E-state index contributed by atoms with van der Waals surface area (Å²) in [4.78, 5) is 4.15. The van der Waals surface area contributed by atoms with Crippen LogP contribution in [0.25, 0.3) is 0 Å². The summed E-state index contributed by atoms with van der Waals surface area (Å²) in [6.45, 7) is 1.55. The zero-order valence-corrected chi connectivity index (χ0v) is 11.9. The molecule has 6 nitrogen and oxygen atoms in total. The largest absolute Gasteiger partial charge is 0.370 e. The van der Waals surface area contributed by atoms with Gasteiger partial charge in [-0.15, -0.1) is 5.10 Å². The van der Waals surface area contributed by atoms with Crippen LogP contribution in [0.3, 0.4) is 0 Å². The molecule has 0 fully saturated rings. The predicted molar refractivity (Wildman–Crippen MR) is 81.9 cm³/mol. The van der Waals surface area contributed by atoms with Crippen molar-refractivity contribution in [2.45, 2.75) is 31.8 Å². The summed E-state index contributed by atoms with van der Waals surface area (Å²) in [6, 6.07) is 10.7. The van der Waals surface area contributed by atoms with Crippen molar-refractivity contribution in [2.24, 2.45) is 10.7 Å². The van der Waals surface area contributed by atoms with Crippen molar-refractivity contribution >= 4 is 5.96 Å². The van der Waals surface area contributed by atoms with Crippen LogP contribution in [0.4, 0.5) is 0 Å². The fourth-order valence-corrected chi connectivity index (χ4v) is 2.50. The van der Waals surface area contributed by atoms with Gasteiger partial charge >= 0.3 is 0 Å². The normalized spacial score (nSPS) is 17.5. The summed E-state index contributed by atoms with van der Waals surface area (Å²) in [5.41, 5.74) is 7.87. The number of rotatable bonds is 6. The molecule has 2 aromatic rings. The maximum atomic E-state index is 5.60. The highest BCUT2D eigenvalue weighted by molar-refractivity contribution is 5.79. The number of hydrogen-bond acceptors (Lipinski definition) is 5. The Morgan fingerprint density at radius 3 is 2.90 bits per heavy atom. The molecule has 3 rings (SSSR count). The maximum absolute atomic E-state index is 5.60. The zero-order chi connectivity index (χ0) is 14.5. The molecule has 0 saturated heterocycles. The molecule has 0 amide bonds. The molecular formula is C15H20N6. The number of guanidine groups is 1. The lowest BCUT2D eigenvalue weighted by molar-refractivity contribution is 0.568. The van der Waals surface area contributed by atoms with Crippen LogP contribution in [0.5, 0.6) is 0 Å². The molecule has 1 aliphatic rings. The van der Waals surface area contributed by atoms with Crippen molar-refractivity contribution in [1.29, 1.82) is 0 Å². The molecule has 0 bridgehead atoms. The van der Waals surface area contributed by atoms with E-state index in [1.165, 1.54) is 5.56 Å². The molecule has 0 spiro atoms. The minimum absolute atomic E-state index is 0.379. The fraction of sp³-hybridized carbons (Fsp3) is 0.400. The number of nitrogens with zero attached hydrogens (tertiary/aromatic N) is 4. The molecule has 21 heavy (non-hydrogen) atoms. The summed E-state index contributed by atoms with van der Waals surface area (Å²) < 4.78 is 1.89. The molecule has 0 saturated carbocycles. The maximum Gasteiger partial charge on any atom is 0.188 e. The van der Waals surface area contributed by atoms with Crippen molar-refractivity contribution in [3.63, 3.8) is 0 Å². The lowest BCUT2D eigenvalue weighted by Gasteiger charge is -2.08. The topological polar surface area (TPSA) is 81.1 Å². The van der Waals surface area contributed by atoms with Crippen LogP contribution >= 0.6 is 0 Å². The van der Waals surface area contributed by atoms with Gasteiger partial charge in [0.05, 0.1) is 18.8 Å². The standard InChI is InChI=1S/C15H20N6/c16-15-17-9-13(18-15)7-4-8-14-11-21(20-19-14)10-12-5-2-1-3-6-12/h1-3,5-6,11,13H,4,7-10H2,(H3,16,17,18). The van der Waals surface area contributed by atoms with Crippen LogP contribution in [0.1, 0.15) is 24.1 Å². The average Bonchev–Trinajstić information content (AvgIpc) is 3.10. The van der Waals surface area contributed by atoms with Crippen LogP contribution in [0, 0.1) is 0 Å². The van der Waals surface area contributed by atoms with E-state index in [2.05, 4.69) is 32.8 Å². The highest BCUT2D eigenvalue weighted by Gasteiger charge is 2.14. The molecular weight excluding hydrogens is 264 g/mol. The number of hydrogen-bond donors (Lipinski definition) is 2. The third kappa shape index (κ3) is 3.81. The Kier molecular flexibility index (Phi) is 4.14. The number of nitrogens with two attached hydrogens (primary N) is 1. The predicted octanol–water partition coefficient (Wildman–Crippen LogP) is 0.936. The molecule has 1 aromatic heterocycles. The monoisotopic (exact) mass is 284 g/mol. The molecule has 1 aliphatic heterocycles. The Labute approximate surface area is 124 Å². The van der Waals surface area contributed by atoms with Crippen molar-refractivity contribution < 1.29 is 0 Å². The first-order valence-electron chi connectivity index (χ1n) is 7.29. The van der Waals surface area contributed by atoms with Gasteiger partial charge in [0.15, 0.2) is 5.96 Å². The van der Waals surface area contributed by atoms with Crippen LogP contribution in [-0.2, 0) is 13.0 Å². The molecule has 110 valence electrons. The minimum Gasteiger partial charge on any atom is -0.370 e. The summed E-state index contributed by atoms with van der Waals surface area (Å²) in [7, 11) is 0. The quantitative estimate of drug-likeness (QED) is 0.827. The van der Waals surface area contributed by atoms with Gasteiger partial charge < -0.3 is 11.1 Å². The van der Waals surface area contributed by atoms with E-state index in [1.54, 1.807) is 0 Å². The minimum atomic E-state index is 0.379. The van der Waals surface area contributed by atoms with Gasteiger partial charge in [0.1, 0.15) is 0 Å². The van der Waals surface area contributed by atoms with Crippen LogP contribution in [-0.4, -0.2) is 33.5 Å². The van der Waals surface area contributed by atoms with Gasteiger partial charge in [0.25, 0.3) is 0 Å². The Balaban J connectivity index is 1.45. The van der Waals surface area contributed by atoms with Crippen molar-refractivity contribution in [2.75, 3.05) is 6.54 Å². The number of aryl methyl sites for hydroxylation is 1. The number of aliphatic imine (C=N–C) groups is 1. The van der Waals surface area contributed by atoms with E-state index >= 15 is 0 Å². The Morgan fingerprint density at radius 1 is 1.29 bits per heavy atom. The van der Waals surface area contributed by atoms with E-state index in [0.717, 1.165) is 38.0 Å². The number of benzene rings is 1. The fourth-order valence-electron chi connectivity index (χ4n) is 2.50. The first-order valence-corrected chi connectivity index (χ1v) is 7.29. The molecule has 1 atom stereocenters. The van der Waals surface area contributed by atoms with E-state index in [1.807, 2.05) is 29.1 Å². The van der Waals surface area contributed by atoms with Gasteiger partial charge in [-0.05, 0) is 24.8 Å². The Morgan fingerprint density at radius 2 is 2.14 bits per heavy atom. The van der Waals surface area contributed by atoms with Crippen LogP contribution in [0.15, 0.2) is 41.5 Å². The number of aromatic nitrogens is 3. The summed E-state index contributed by atoms with van der Waals surface area (Å²) in [5, 5.41) is 11.6.